The second kappa shape index (κ2) is 4.14. The molecule has 0 spiro atoms. The molecule has 0 bridgehead atoms. The Morgan fingerprint density at radius 3 is 2.76 bits per heavy atom. The van der Waals surface area contributed by atoms with E-state index in [1.807, 2.05) is 0 Å². The van der Waals surface area contributed by atoms with E-state index in [1.54, 1.807) is 0 Å². The van der Waals surface area contributed by atoms with E-state index in [2.05, 4.69) is 12.2 Å². The van der Waals surface area contributed by atoms with Crippen LogP contribution in [0.5, 0.6) is 0 Å². The molecule has 17 heavy (non-hydrogen) atoms. The van der Waals surface area contributed by atoms with Crippen LogP contribution in [0.3, 0.4) is 0 Å². The molecule has 1 saturated carbocycles. The van der Waals surface area contributed by atoms with Gasteiger partial charge in [0.2, 0.25) is 0 Å². The molecule has 2 rings (SSSR count). The van der Waals surface area contributed by atoms with Gasteiger partial charge in [0.05, 0.1) is 9.95 Å². The van der Waals surface area contributed by atoms with Gasteiger partial charge >= 0.3 is 0 Å². The lowest BCUT2D eigenvalue weighted by Crippen LogP contribution is -2.13. The molecule has 1 N–H and O–H groups in total. The second-order valence-corrected chi connectivity index (χ2v) is 5.11. The molecule has 1 aliphatic carbocycles. The van der Waals surface area contributed by atoms with E-state index in [-0.39, 0.29) is 21.8 Å². The van der Waals surface area contributed by atoms with Gasteiger partial charge in [-0.15, -0.1) is 0 Å². The average molecular weight is 259 g/mol. The molecule has 1 aliphatic rings. The first-order valence-electron chi connectivity index (χ1n) is 5.29. The first-order valence-corrected chi connectivity index (χ1v) is 5.66. The van der Waals surface area contributed by atoms with E-state index in [4.69, 9.17) is 11.6 Å². The number of nitro benzene ring substituents is 1. The maximum Gasteiger partial charge on any atom is 0.294 e. The molecule has 1 aromatic carbocycles. The summed E-state index contributed by atoms with van der Waals surface area (Å²) in [5.74, 6) is -0.652. The van der Waals surface area contributed by atoms with Crippen LogP contribution in [0.2, 0.25) is 5.02 Å². The first-order chi connectivity index (χ1) is 7.91. The third-order valence-electron chi connectivity index (χ3n) is 3.04. The van der Waals surface area contributed by atoms with Crippen molar-refractivity contribution in [2.45, 2.75) is 19.8 Å². The molecule has 0 aromatic heterocycles. The van der Waals surface area contributed by atoms with Crippen molar-refractivity contribution >= 4 is 23.0 Å². The van der Waals surface area contributed by atoms with Crippen molar-refractivity contribution in [3.63, 3.8) is 0 Å². The summed E-state index contributed by atoms with van der Waals surface area (Å²) in [6.07, 6.45) is 2.17. The summed E-state index contributed by atoms with van der Waals surface area (Å²) >= 11 is 5.53. The first kappa shape index (κ1) is 12.1. The molecule has 0 amide bonds. The van der Waals surface area contributed by atoms with Gasteiger partial charge in [-0.3, -0.25) is 10.1 Å². The SMILES string of the molecule is CC1(CNc2cc(F)c(Cl)cc2[N+](=O)[O-])CC1. The fourth-order valence-electron chi connectivity index (χ4n) is 1.53. The van der Waals surface area contributed by atoms with Crippen molar-refractivity contribution in [2.75, 3.05) is 11.9 Å². The number of benzene rings is 1. The van der Waals surface area contributed by atoms with Gasteiger partial charge in [0, 0.05) is 18.7 Å². The highest BCUT2D eigenvalue weighted by atomic mass is 35.5. The predicted molar refractivity (Wildman–Crippen MR) is 63.9 cm³/mol. The molecule has 0 saturated heterocycles. The Labute approximate surface area is 103 Å². The number of nitrogens with zero attached hydrogens (tertiary/aromatic N) is 1. The third kappa shape index (κ3) is 2.66. The van der Waals surface area contributed by atoms with Gasteiger partial charge in [0.25, 0.3) is 5.69 Å². The molecule has 0 unspecified atom stereocenters. The number of rotatable bonds is 4. The van der Waals surface area contributed by atoms with Crippen molar-refractivity contribution in [3.8, 4) is 0 Å². The van der Waals surface area contributed by atoms with E-state index in [1.165, 1.54) is 0 Å². The molecule has 6 heteroatoms. The zero-order valence-electron chi connectivity index (χ0n) is 9.30. The summed E-state index contributed by atoms with van der Waals surface area (Å²) in [6, 6.07) is 2.11. The molecular weight excluding hydrogens is 247 g/mol. The van der Waals surface area contributed by atoms with Crippen LogP contribution in [-0.2, 0) is 0 Å². The summed E-state index contributed by atoms with van der Waals surface area (Å²) < 4.78 is 13.3. The van der Waals surface area contributed by atoms with Crippen LogP contribution in [0.25, 0.3) is 0 Å². The maximum atomic E-state index is 13.3. The summed E-state index contributed by atoms with van der Waals surface area (Å²) in [5.41, 5.74) is 0.176. The van der Waals surface area contributed by atoms with E-state index < -0.39 is 10.7 Å². The Kier molecular flexibility index (Phi) is 2.95. The van der Waals surface area contributed by atoms with Crippen molar-refractivity contribution in [1.82, 2.24) is 0 Å². The van der Waals surface area contributed by atoms with Crippen LogP contribution < -0.4 is 5.32 Å². The molecule has 0 atom stereocenters. The lowest BCUT2D eigenvalue weighted by Gasteiger charge is -2.11. The van der Waals surface area contributed by atoms with Crippen LogP contribution in [0, 0.1) is 21.3 Å². The molecule has 92 valence electrons. The van der Waals surface area contributed by atoms with Crippen LogP contribution >= 0.6 is 11.6 Å². The van der Waals surface area contributed by atoms with E-state index in [0.717, 1.165) is 25.0 Å². The molecule has 0 heterocycles. The predicted octanol–water partition coefficient (Wildman–Crippen LogP) is 3.60. The standard InChI is InChI=1S/C11H12ClFN2O2/c1-11(2-3-11)6-14-9-5-8(13)7(12)4-10(9)15(16)17/h4-5,14H,2-3,6H2,1H3. The Hall–Kier alpha value is -1.36. The van der Waals surface area contributed by atoms with Gasteiger partial charge in [-0.25, -0.2) is 4.39 Å². The van der Waals surface area contributed by atoms with Gasteiger partial charge in [0.15, 0.2) is 0 Å². The summed E-state index contributed by atoms with van der Waals surface area (Å²) in [7, 11) is 0. The zero-order valence-corrected chi connectivity index (χ0v) is 10.1. The van der Waals surface area contributed by atoms with Gasteiger partial charge in [-0.05, 0) is 18.3 Å². The number of anilines is 1. The van der Waals surface area contributed by atoms with E-state index in [9.17, 15) is 14.5 Å². The Morgan fingerprint density at radius 1 is 1.59 bits per heavy atom. The van der Waals surface area contributed by atoms with Crippen molar-refractivity contribution < 1.29 is 9.31 Å². The molecular formula is C11H12ClFN2O2. The Bertz CT molecular complexity index is 475. The summed E-state index contributed by atoms with van der Waals surface area (Å²) in [5, 5.41) is 13.5. The number of nitro groups is 1. The minimum absolute atomic E-state index is 0.185. The summed E-state index contributed by atoms with van der Waals surface area (Å²) in [4.78, 5) is 10.2. The maximum absolute atomic E-state index is 13.3. The van der Waals surface area contributed by atoms with Crippen LogP contribution in [0.1, 0.15) is 19.8 Å². The quantitative estimate of drug-likeness (QED) is 0.663. The largest absolute Gasteiger partial charge is 0.379 e. The molecule has 0 aliphatic heterocycles. The monoisotopic (exact) mass is 258 g/mol. The van der Waals surface area contributed by atoms with Crippen LogP contribution in [0.15, 0.2) is 12.1 Å². The summed E-state index contributed by atoms with van der Waals surface area (Å²) in [6.45, 7) is 2.69. The Balaban J connectivity index is 2.24. The number of hydrogen-bond donors (Lipinski definition) is 1. The van der Waals surface area contributed by atoms with Gasteiger partial charge in [0.1, 0.15) is 11.5 Å². The minimum Gasteiger partial charge on any atom is -0.379 e. The van der Waals surface area contributed by atoms with Crippen LogP contribution in [0.4, 0.5) is 15.8 Å². The zero-order chi connectivity index (χ0) is 12.6. The Morgan fingerprint density at radius 2 is 2.24 bits per heavy atom. The minimum atomic E-state index is -0.652. The van der Waals surface area contributed by atoms with Crippen molar-refractivity contribution in [3.05, 3.63) is 33.1 Å². The highest BCUT2D eigenvalue weighted by molar-refractivity contribution is 6.31. The van der Waals surface area contributed by atoms with Gasteiger partial charge in [-0.2, -0.15) is 0 Å². The highest BCUT2D eigenvalue weighted by Gasteiger charge is 2.37. The second-order valence-electron chi connectivity index (χ2n) is 4.70. The highest BCUT2D eigenvalue weighted by Crippen LogP contribution is 2.45. The van der Waals surface area contributed by atoms with Gasteiger partial charge < -0.3 is 5.32 Å². The van der Waals surface area contributed by atoms with Crippen molar-refractivity contribution in [2.24, 2.45) is 5.41 Å². The average Bonchev–Trinajstić information content (AvgIpc) is 2.98. The molecule has 1 fully saturated rings. The number of nitrogens with one attached hydrogen (secondary N) is 1. The fraction of sp³-hybridized carbons (Fsp3) is 0.455. The molecule has 1 aromatic rings. The normalized spacial score (nSPS) is 16.6. The molecule has 4 nitrogen and oxygen atoms in total. The lowest BCUT2D eigenvalue weighted by molar-refractivity contribution is -0.384. The van der Waals surface area contributed by atoms with Crippen LogP contribution in [-0.4, -0.2) is 11.5 Å². The number of halogens is 2. The van der Waals surface area contributed by atoms with E-state index in [0.29, 0.717) is 6.54 Å². The number of hydrogen-bond acceptors (Lipinski definition) is 3. The molecule has 0 radical (unpaired) electrons. The third-order valence-corrected chi connectivity index (χ3v) is 3.33. The topological polar surface area (TPSA) is 55.2 Å². The van der Waals surface area contributed by atoms with Gasteiger partial charge in [-0.1, -0.05) is 18.5 Å². The fourth-order valence-corrected chi connectivity index (χ4v) is 1.69. The lowest BCUT2D eigenvalue weighted by atomic mass is 10.1. The van der Waals surface area contributed by atoms with Crippen molar-refractivity contribution in [1.29, 1.82) is 0 Å². The smallest absolute Gasteiger partial charge is 0.294 e. The van der Waals surface area contributed by atoms with E-state index >= 15 is 0 Å².